The lowest BCUT2D eigenvalue weighted by Gasteiger charge is -2.21. The molecule has 0 N–H and O–H groups in total. The minimum Gasteiger partial charge on any atom is -0.358 e. The van der Waals surface area contributed by atoms with E-state index in [2.05, 4.69) is 49.2 Å². The zero-order valence-corrected chi connectivity index (χ0v) is 14.2. The highest BCUT2D eigenvalue weighted by molar-refractivity contribution is 5.65. The van der Waals surface area contributed by atoms with Gasteiger partial charge in [-0.15, -0.1) is 5.10 Å². The third-order valence-electron chi connectivity index (χ3n) is 4.54. The number of aromatic nitrogens is 4. The lowest BCUT2D eigenvalue weighted by molar-refractivity contribution is 0.822. The molecule has 3 heterocycles. The van der Waals surface area contributed by atoms with E-state index >= 15 is 0 Å². The highest BCUT2D eigenvalue weighted by atomic mass is 15.4. The number of hydrogen-bond donors (Lipinski definition) is 0. The van der Waals surface area contributed by atoms with E-state index in [-0.39, 0.29) is 0 Å². The van der Waals surface area contributed by atoms with Crippen molar-refractivity contribution in [3.63, 3.8) is 0 Å². The van der Waals surface area contributed by atoms with Gasteiger partial charge in [-0.1, -0.05) is 18.2 Å². The van der Waals surface area contributed by atoms with Gasteiger partial charge in [0.2, 0.25) is 0 Å². The van der Waals surface area contributed by atoms with Crippen molar-refractivity contribution < 1.29 is 0 Å². The van der Waals surface area contributed by atoms with Crippen LogP contribution in [-0.4, -0.2) is 40.3 Å². The Morgan fingerprint density at radius 2 is 1.96 bits per heavy atom. The number of likely N-dealkylation sites (N-methyl/N-ethyl adjacent to an activating group) is 1. The summed E-state index contributed by atoms with van der Waals surface area (Å²) in [7, 11) is 2.03. The normalized spacial score (nSPS) is 12.9. The molecule has 6 heteroatoms. The lowest BCUT2D eigenvalue weighted by atomic mass is 10.2. The summed E-state index contributed by atoms with van der Waals surface area (Å²) in [6, 6.07) is 12.5. The van der Waals surface area contributed by atoms with Gasteiger partial charge in [-0.05, 0) is 42.2 Å². The number of nitrogens with zero attached hydrogens (tertiary/aromatic N) is 6. The lowest BCUT2D eigenvalue weighted by Crippen LogP contribution is -2.24. The standard InChI is InChI=1S/C19H20N6/c1-24(12-8-15-6-10-20-11-7-15)18-14-21-23-19(22-18)25-13-9-16-4-2-3-5-17(16)25/h2-7,10-11,14H,8-9,12-13H2,1H3. The molecule has 0 unspecified atom stereocenters. The number of anilines is 3. The summed E-state index contributed by atoms with van der Waals surface area (Å²) in [5.74, 6) is 1.50. The van der Waals surface area contributed by atoms with Crippen molar-refractivity contribution >= 4 is 17.5 Å². The number of rotatable bonds is 5. The van der Waals surface area contributed by atoms with Gasteiger partial charge in [0.25, 0.3) is 5.95 Å². The van der Waals surface area contributed by atoms with E-state index in [0.29, 0.717) is 5.95 Å². The van der Waals surface area contributed by atoms with Crippen molar-refractivity contribution in [2.24, 2.45) is 0 Å². The highest BCUT2D eigenvalue weighted by Crippen LogP contribution is 2.32. The molecule has 0 fully saturated rings. The molecule has 0 atom stereocenters. The van der Waals surface area contributed by atoms with Crippen LogP contribution in [0, 0.1) is 0 Å². The largest absolute Gasteiger partial charge is 0.358 e. The van der Waals surface area contributed by atoms with Gasteiger partial charge in [0.05, 0.1) is 6.20 Å². The Morgan fingerprint density at radius 3 is 2.84 bits per heavy atom. The van der Waals surface area contributed by atoms with Gasteiger partial charge in [0.1, 0.15) is 0 Å². The van der Waals surface area contributed by atoms with Crippen LogP contribution in [0.2, 0.25) is 0 Å². The van der Waals surface area contributed by atoms with E-state index in [1.807, 2.05) is 31.6 Å². The minimum atomic E-state index is 0.665. The number of hydrogen-bond acceptors (Lipinski definition) is 6. The predicted molar refractivity (Wildman–Crippen MR) is 98.2 cm³/mol. The number of pyridine rings is 1. The first kappa shape index (κ1) is 15.5. The van der Waals surface area contributed by atoms with Crippen LogP contribution >= 0.6 is 0 Å². The van der Waals surface area contributed by atoms with Crippen LogP contribution in [0.3, 0.4) is 0 Å². The van der Waals surface area contributed by atoms with Crippen molar-refractivity contribution in [1.82, 2.24) is 20.2 Å². The monoisotopic (exact) mass is 332 g/mol. The molecule has 6 nitrogen and oxygen atoms in total. The first-order valence-electron chi connectivity index (χ1n) is 8.46. The van der Waals surface area contributed by atoms with Gasteiger partial charge in [0.15, 0.2) is 5.82 Å². The molecule has 1 aromatic carbocycles. The Morgan fingerprint density at radius 1 is 1.12 bits per heavy atom. The van der Waals surface area contributed by atoms with E-state index in [1.165, 1.54) is 16.8 Å². The van der Waals surface area contributed by atoms with Crippen molar-refractivity contribution in [2.75, 3.05) is 29.9 Å². The molecule has 0 radical (unpaired) electrons. The van der Waals surface area contributed by atoms with E-state index in [4.69, 9.17) is 4.98 Å². The van der Waals surface area contributed by atoms with Crippen LogP contribution < -0.4 is 9.80 Å². The molecule has 1 aliphatic rings. The number of benzene rings is 1. The van der Waals surface area contributed by atoms with Gasteiger partial charge in [0, 0.05) is 38.2 Å². The van der Waals surface area contributed by atoms with Gasteiger partial charge in [-0.2, -0.15) is 10.1 Å². The maximum Gasteiger partial charge on any atom is 0.251 e. The van der Waals surface area contributed by atoms with Crippen LogP contribution in [-0.2, 0) is 12.8 Å². The molecule has 126 valence electrons. The van der Waals surface area contributed by atoms with E-state index < -0.39 is 0 Å². The summed E-state index contributed by atoms with van der Waals surface area (Å²) in [6.07, 6.45) is 7.32. The van der Waals surface area contributed by atoms with E-state index in [0.717, 1.165) is 31.7 Å². The molecule has 0 bridgehead atoms. The first-order valence-corrected chi connectivity index (χ1v) is 8.46. The number of para-hydroxylation sites is 1. The van der Waals surface area contributed by atoms with Gasteiger partial charge < -0.3 is 9.80 Å². The second-order valence-electron chi connectivity index (χ2n) is 6.17. The van der Waals surface area contributed by atoms with Gasteiger partial charge in [-0.3, -0.25) is 4.98 Å². The maximum atomic E-state index is 4.73. The Balaban J connectivity index is 1.50. The molecule has 4 rings (SSSR count). The minimum absolute atomic E-state index is 0.665. The van der Waals surface area contributed by atoms with Crippen LogP contribution in [0.5, 0.6) is 0 Å². The Hall–Kier alpha value is -3.02. The van der Waals surface area contributed by atoms with Crippen LogP contribution in [0.25, 0.3) is 0 Å². The van der Waals surface area contributed by atoms with Gasteiger partial charge >= 0.3 is 0 Å². The molecule has 1 aliphatic heterocycles. The van der Waals surface area contributed by atoms with Crippen molar-refractivity contribution in [3.8, 4) is 0 Å². The molecule has 0 aliphatic carbocycles. The Kier molecular flexibility index (Phi) is 4.24. The van der Waals surface area contributed by atoms with Crippen LogP contribution in [0.1, 0.15) is 11.1 Å². The molecule has 3 aromatic rings. The van der Waals surface area contributed by atoms with Crippen molar-refractivity contribution in [2.45, 2.75) is 12.8 Å². The second kappa shape index (κ2) is 6.84. The third-order valence-corrected chi connectivity index (χ3v) is 4.54. The average Bonchev–Trinajstić information content (AvgIpc) is 3.11. The molecular weight excluding hydrogens is 312 g/mol. The summed E-state index contributed by atoms with van der Waals surface area (Å²) in [5, 5.41) is 8.42. The fraction of sp³-hybridized carbons (Fsp3) is 0.263. The molecule has 2 aromatic heterocycles. The topological polar surface area (TPSA) is 58.0 Å². The molecule has 25 heavy (non-hydrogen) atoms. The quantitative estimate of drug-likeness (QED) is 0.716. The molecular formula is C19H20N6. The summed E-state index contributed by atoms with van der Waals surface area (Å²) >= 11 is 0. The third kappa shape index (κ3) is 3.28. The zero-order chi connectivity index (χ0) is 17.1. The molecule has 0 amide bonds. The second-order valence-corrected chi connectivity index (χ2v) is 6.17. The number of fused-ring (bicyclic) bond motifs is 1. The Labute approximate surface area is 147 Å². The van der Waals surface area contributed by atoms with Crippen molar-refractivity contribution in [1.29, 1.82) is 0 Å². The summed E-state index contributed by atoms with van der Waals surface area (Å²) in [6.45, 7) is 1.75. The summed E-state index contributed by atoms with van der Waals surface area (Å²) in [5.41, 5.74) is 3.78. The molecule has 0 saturated carbocycles. The summed E-state index contributed by atoms with van der Waals surface area (Å²) in [4.78, 5) is 13.0. The fourth-order valence-corrected chi connectivity index (χ4v) is 3.09. The molecule has 0 saturated heterocycles. The maximum absolute atomic E-state index is 4.73. The highest BCUT2D eigenvalue weighted by Gasteiger charge is 2.22. The van der Waals surface area contributed by atoms with Gasteiger partial charge in [-0.25, -0.2) is 0 Å². The van der Waals surface area contributed by atoms with E-state index in [9.17, 15) is 0 Å². The van der Waals surface area contributed by atoms with Crippen molar-refractivity contribution in [3.05, 3.63) is 66.1 Å². The fourth-order valence-electron chi connectivity index (χ4n) is 3.09. The SMILES string of the molecule is CN(CCc1ccncc1)c1cnnc(N2CCc3ccccc32)n1. The summed E-state index contributed by atoms with van der Waals surface area (Å²) < 4.78 is 0. The average molecular weight is 332 g/mol. The predicted octanol–water partition coefficient (Wildman–Crippen LogP) is 2.64. The molecule has 0 spiro atoms. The van der Waals surface area contributed by atoms with Crippen LogP contribution in [0.4, 0.5) is 17.5 Å². The first-order chi connectivity index (χ1) is 12.3. The zero-order valence-electron chi connectivity index (χ0n) is 14.2. The smallest absolute Gasteiger partial charge is 0.251 e. The van der Waals surface area contributed by atoms with E-state index in [1.54, 1.807) is 6.20 Å². The van der Waals surface area contributed by atoms with Crippen LogP contribution in [0.15, 0.2) is 55.0 Å². The Bertz CT molecular complexity index is 851.